The van der Waals surface area contributed by atoms with E-state index >= 15 is 0 Å². The molecule has 5 nitrogen and oxygen atoms in total. The van der Waals surface area contributed by atoms with Gasteiger partial charge in [0, 0.05) is 16.8 Å². The number of rotatable bonds is 3. The van der Waals surface area contributed by atoms with Crippen molar-refractivity contribution in [3.63, 3.8) is 0 Å². The van der Waals surface area contributed by atoms with Gasteiger partial charge in [-0.25, -0.2) is 4.98 Å². The Labute approximate surface area is 106 Å². The number of hydrogen-bond donors (Lipinski definition) is 3. The van der Waals surface area contributed by atoms with E-state index in [1.807, 2.05) is 24.3 Å². The lowest BCUT2D eigenvalue weighted by atomic mass is 10.0. The summed E-state index contributed by atoms with van der Waals surface area (Å²) in [4.78, 5) is 8.31. The molecule has 0 atom stereocenters. The van der Waals surface area contributed by atoms with E-state index in [0.29, 0.717) is 11.5 Å². The maximum absolute atomic E-state index is 5.92. The van der Waals surface area contributed by atoms with Gasteiger partial charge in [0.25, 0.3) is 0 Å². The Morgan fingerprint density at radius 1 is 1.00 bits per heavy atom. The lowest BCUT2D eigenvalue weighted by Gasteiger charge is -2.11. The van der Waals surface area contributed by atoms with E-state index in [0.717, 1.165) is 29.7 Å². The van der Waals surface area contributed by atoms with Gasteiger partial charge < -0.3 is 17.2 Å². The number of nitrogens with zero attached hydrogens (tertiary/aromatic N) is 2. The lowest BCUT2D eigenvalue weighted by molar-refractivity contribution is 0.910. The molecule has 0 aliphatic carbocycles. The molecule has 0 aliphatic rings. The van der Waals surface area contributed by atoms with Gasteiger partial charge in [-0.3, -0.25) is 0 Å². The number of anilines is 3. The first-order chi connectivity index (χ1) is 8.61. The molecule has 0 fully saturated rings. The van der Waals surface area contributed by atoms with Crippen molar-refractivity contribution in [1.29, 1.82) is 0 Å². The minimum atomic E-state index is 0.194. The Morgan fingerprint density at radius 3 is 2.28 bits per heavy atom. The molecule has 2 rings (SSSR count). The second-order valence-corrected chi connectivity index (χ2v) is 4.17. The first kappa shape index (κ1) is 12.2. The second-order valence-electron chi connectivity index (χ2n) is 4.17. The summed E-state index contributed by atoms with van der Waals surface area (Å²) in [7, 11) is 0. The first-order valence-corrected chi connectivity index (χ1v) is 5.89. The summed E-state index contributed by atoms with van der Waals surface area (Å²) in [5.74, 6) is 0.648. The summed E-state index contributed by atoms with van der Waals surface area (Å²) in [5.41, 5.74) is 20.7. The van der Waals surface area contributed by atoms with Crippen LogP contribution in [0.1, 0.15) is 18.9 Å². The molecule has 0 spiro atoms. The second kappa shape index (κ2) is 4.91. The Hall–Kier alpha value is -2.30. The normalized spacial score (nSPS) is 10.5. The van der Waals surface area contributed by atoms with Crippen LogP contribution < -0.4 is 17.2 Å². The zero-order chi connectivity index (χ0) is 13.1. The molecule has 0 radical (unpaired) electrons. The van der Waals surface area contributed by atoms with Gasteiger partial charge in [-0.05, 0) is 18.6 Å². The van der Waals surface area contributed by atoms with E-state index in [4.69, 9.17) is 17.2 Å². The molecular formula is C13H17N5. The van der Waals surface area contributed by atoms with Crippen molar-refractivity contribution < 1.29 is 0 Å². The van der Waals surface area contributed by atoms with Gasteiger partial charge in [0.15, 0.2) is 0 Å². The van der Waals surface area contributed by atoms with E-state index in [-0.39, 0.29) is 5.95 Å². The Morgan fingerprint density at radius 2 is 1.67 bits per heavy atom. The quantitative estimate of drug-likeness (QED) is 0.713. The van der Waals surface area contributed by atoms with Crippen molar-refractivity contribution in [3.8, 4) is 11.3 Å². The van der Waals surface area contributed by atoms with Gasteiger partial charge >= 0.3 is 0 Å². The molecule has 1 aromatic carbocycles. The number of nitrogens with two attached hydrogens (primary N) is 3. The number of benzene rings is 1. The third-order valence-corrected chi connectivity index (χ3v) is 2.74. The molecule has 94 valence electrons. The van der Waals surface area contributed by atoms with Gasteiger partial charge in [-0.2, -0.15) is 4.98 Å². The Kier molecular flexibility index (Phi) is 3.32. The number of aromatic nitrogens is 2. The molecule has 5 heteroatoms. The molecule has 1 aromatic heterocycles. The molecule has 0 saturated heterocycles. The average Bonchev–Trinajstić information content (AvgIpc) is 2.33. The van der Waals surface area contributed by atoms with Crippen LogP contribution in [0.2, 0.25) is 0 Å². The van der Waals surface area contributed by atoms with Crippen LogP contribution >= 0.6 is 0 Å². The van der Waals surface area contributed by atoms with Crippen LogP contribution in [-0.4, -0.2) is 9.97 Å². The van der Waals surface area contributed by atoms with Crippen LogP contribution in [0.4, 0.5) is 17.5 Å². The van der Waals surface area contributed by atoms with Gasteiger partial charge in [-0.15, -0.1) is 0 Å². The highest BCUT2D eigenvalue weighted by atomic mass is 15.0. The lowest BCUT2D eigenvalue weighted by Crippen LogP contribution is -2.06. The monoisotopic (exact) mass is 243 g/mol. The van der Waals surface area contributed by atoms with Gasteiger partial charge in [0.05, 0.1) is 5.69 Å². The van der Waals surface area contributed by atoms with Crippen molar-refractivity contribution in [2.45, 2.75) is 19.8 Å². The maximum atomic E-state index is 5.92. The average molecular weight is 243 g/mol. The van der Waals surface area contributed by atoms with Crippen molar-refractivity contribution in [3.05, 3.63) is 29.8 Å². The van der Waals surface area contributed by atoms with E-state index in [1.54, 1.807) is 0 Å². The summed E-state index contributed by atoms with van der Waals surface area (Å²) in [6.07, 6.45) is 1.80. The van der Waals surface area contributed by atoms with Crippen LogP contribution in [0.25, 0.3) is 11.3 Å². The number of hydrogen-bond acceptors (Lipinski definition) is 5. The largest absolute Gasteiger partial charge is 0.399 e. The highest BCUT2D eigenvalue weighted by molar-refractivity contribution is 5.70. The molecule has 0 aliphatic heterocycles. The zero-order valence-electron chi connectivity index (χ0n) is 10.4. The molecule has 6 N–H and O–H groups in total. The van der Waals surface area contributed by atoms with Crippen molar-refractivity contribution >= 4 is 17.5 Å². The first-order valence-electron chi connectivity index (χ1n) is 5.89. The predicted octanol–water partition coefficient (Wildman–Crippen LogP) is 1.84. The molecule has 0 amide bonds. The Bertz CT molecular complexity index is 548. The van der Waals surface area contributed by atoms with Crippen LogP contribution in [0.15, 0.2) is 24.3 Å². The Balaban J connectivity index is 2.57. The summed E-state index contributed by atoms with van der Waals surface area (Å²) >= 11 is 0. The topological polar surface area (TPSA) is 104 Å². The SMILES string of the molecule is CCCc1c(N)nc(N)nc1-c1ccc(N)cc1. The molecule has 0 saturated carbocycles. The van der Waals surface area contributed by atoms with E-state index in [2.05, 4.69) is 16.9 Å². The van der Waals surface area contributed by atoms with Crippen LogP contribution in [-0.2, 0) is 6.42 Å². The highest BCUT2D eigenvalue weighted by Gasteiger charge is 2.12. The standard InChI is InChI=1S/C13H17N5/c1-2-3-10-11(17-13(16)18-12(10)15)8-4-6-9(14)7-5-8/h4-7H,2-3,14H2,1H3,(H4,15,16,17,18). The molecular weight excluding hydrogens is 226 g/mol. The van der Waals surface area contributed by atoms with Gasteiger partial charge in [0.2, 0.25) is 5.95 Å². The minimum Gasteiger partial charge on any atom is -0.399 e. The summed E-state index contributed by atoms with van der Waals surface area (Å²) in [6, 6.07) is 7.49. The maximum Gasteiger partial charge on any atom is 0.222 e. The van der Waals surface area contributed by atoms with Crippen molar-refractivity contribution in [2.75, 3.05) is 17.2 Å². The third kappa shape index (κ3) is 2.34. The predicted molar refractivity (Wildman–Crippen MR) is 74.7 cm³/mol. The summed E-state index contributed by atoms with van der Waals surface area (Å²) in [6.45, 7) is 2.09. The van der Waals surface area contributed by atoms with Gasteiger partial charge in [0.1, 0.15) is 5.82 Å². The fraction of sp³-hybridized carbons (Fsp3) is 0.231. The van der Waals surface area contributed by atoms with Crippen molar-refractivity contribution in [2.24, 2.45) is 0 Å². The molecule has 2 aromatic rings. The minimum absolute atomic E-state index is 0.194. The summed E-state index contributed by atoms with van der Waals surface area (Å²) in [5, 5.41) is 0. The fourth-order valence-electron chi connectivity index (χ4n) is 1.90. The zero-order valence-corrected chi connectivity index (χ0v) is 10.4. The van der Waals surface area contributed by atoms with E-state index < -0.39 is 0 Å². The number of nitrogen functional groups attached to an aromatic ring is 3. The van der Waals surface area contributed by atoms with Crippen LogP contribution in [0.5, 0.6) is 0 Å². The third-order valence-electron chi connectivity index (χ3n) is 2.74. The van der Waals surface area contributed by atoms with Crippen LogP contribution in [0, 0.1) is 0 Å². The van der Waals surface area contributed by atoms with Crippen LogP contribution in [0.3, 0.4) is 0 Å². The van der Waals surface area contributed by atoms with Crippen molar-refractivity contribution in [1.82, 2.24) is 9.97 Å². The smallest absolute Gasteiger partial charge is 0.222 e. The molecule has 0 unspecified atom stereocenters. The summed E-state index contributed by atoms with van der Waals surface area (Å²) < 4.78 is 0. The highest BCUT2D eigenvalue weighted by Crippen LogP contribution is 2.27. The van der Waals surface area contributed by atoms with E-state index in [1.165, 1.54) is 0 Å². The fourth-order valence-corrected chi connectivity index (χ4v) is 1.90. The van der Waals surface area contributed by atoms with E-state index in [9.17, 15) is 0 Å². The molecule has 1 heterocycles. The molecule has 18 heavy (non-hydrogen) atoms. The van der Waals surface area contributed by atoms with Gasteiger partial charge in [-0.1, -0.05) is 25.5 Å². The molecule has 0 bridgehead atoms.